The average molecular weight is 279 g/mol. The monoisotopic (exact) mass is 278 g/mol. The predicted molar refractivity (Wildman–Crippen MR) is 71.3 cm³/mol. The summed E-state index contributed by atoms with van der Waals surface area (Å²) in [5, 5.41) is 3.41. The van der Waals surface area contributed by atoms with Crippen LogP contribution in [0, 0.1) is 0 Å². The first-order valence-corrected chi connectivity index (χ1v) is 6.01. The minimum Gasteiger partial charge on any atom is -0.454 e. The number of fused-ring (bicyclic) bond motifs is 1. The van der Waals surface area contributed by atoms with Crippen LogP contribution in [0.15, 0.2) is 24.5 Å². The largest absolute Gasteiger partial charge is 0.454 e. The van der Waals surface area contributed by atoms with E-state index in [-0.39, 0.29) is 12.6 Å². The number of aromatic nitrogens is 2. The lowest BCUT2D eigenvalue weighted by molar-refractivity contribution is 0.173. The lowest BCUT2D eigenvalue weighted by Gasteiger charge is -2.09. The van der Waals surface area contributed by atoms with E-state index in [1.165, 1.54) is 6.33 Å². The van der Waals surface area contributed by atoms with Crippen molar-refractivity contribution in [2.24, 2.45) is 0 Å². The standard InChI is InChI=1S/C12H11ClN4O2/c13-9-11(14)16-5-17-12(9)15-4-7-2-1-3-8-10(7)19-6-18-8/h1-3,5H,4,6H2,(H3,14,15,16,17). The maximum absolute atomic E-state index is 6.01. The molecule has 19 heavy (non-hydrogen) atoms. The van der Waals surface area contributed by atoms with E-state index in [9.17, 15) is 0 Å². The zero-order valence-electron chi connectivity index (χ0n) is 9.89. The Balaban J connectivity index is 1.80. The molecule has 2 heterocycles. The molecular weight excluding hydrogens is 268 g/mol. The van der Waals surface area contributed by atoms with Crippen LogP contribution in [0.25, 0.3) is 0 Å². The maximum Gasteiger partial charge on any atom is 0.231 e. The number of nitrogens with two attached hydrogens (primary N) is 1. The van der Waals surface area contributed by atoms with Gasteiger partial charge in [0.1, 0.15) is 17.2 Å². The van der Waals surface area contributed by atoms with Gasteiger partial charge in [-0.15, -0.1) is 0 Å². The van der Waals surface area contributed by atoms with Crippen LogP contribution in [0.3, 0.4) is 0 Å². The van der Waals surface area contributed by atoms with Gasteiger partial charge in [0.05, 0.1) is 0 Å². The van der Waals surface area contributed by atoms with Crippen LogP contribution in [0.4, 0.5) is 11.6 Å². The van der Waals surface area contributed by atoms with Gasteiger partial charge in [-0.3, -0.25) is 0 Å². The smallest absolute Gasteiger partial charge is 0.231 e. The Morgan fingerprint density at radius 1 is 1.32 bits per heavy atom. The molecule has 0 bridgehead atoms. The van der Waals surface area contributed by atoms with Crippen LogP contribution in [-0.2, 0) is 6.54 Å². The Kier molecular flexibility index (Phi) is 3.00. The molecule has 0 amide bonds. The van der Waals surface area contributed by atoms with Gasteiger partial charge in [0.2, 0.25) is 6.79 Å². The summed E-state index contributed by atoms with van der Waals surface area (Å²) in [5.41, 5.74) is 6.57. The van der Waals surface area contributed by atoms with Gasteiger partial charge in [-0.05, 0) is 6.07 Å². The summed E-state index contributed by atoms with van der Waals surface area (Å²) >= 11 is 6.01. The molecule has 7 heteroatoms. The molecule has 0 saturated carbocycles. The van der Waals surface area contributed by atoms with E-state index >= 15 is 0 Å². The Morgan fingerprint density at radius 2 is 2.21 bits per heavy atom. The molecule has 1 aliphatic rings. The van der Waals surface area contributed by atoms with Crippen molar-refractivity contribution in [3.8, 4) is 11.5 Å². The summed E-state index contributed by atoms with van der Waals surface area (Å²) in [6.45, 7) is 0.746. The fraction of sp³-hybridized carbons (Fsp3) is 0.167. The highest BCUT2D eigenvalue weighted by Gasteiger charge is 2.17. The van der Waals surface area contributed by atoms with Crippen molar-refractivity contribution in [1.29, 1.82) is 0 Å². The molecule has 0 unspecified atom stereocenters. The van der Waals surface area contributed by atoms with E-state index < -0.39 is 0 Å². The molecule has 0 radical (unpaired) electrons. The van der Waals surface area contributed by atoms with E-state index in [0.29, 0.717) is 17.4 Å². The second-order valence-electron chi connectivity index (χ2n) is 3.93. The number of nitrogen functional groups attached to an aromatic ring is 1. The Labute approximate surface area is 114 Å². The SMILES string of the molecule is Nc1ncnc(NCc2cccc3c2OCO3)c1Cl. The molecule has 6 nitrogen and oxygen atoms in total. The summed E-state index contributed by atoms with van der Waals surface area (Å²) in [6, 6.07) is 5.71. The van der Waals surface area contributed by atoms with Gasteiger partial charge >= 0.3 is 0 Å². The zero-order valence-corrected chi connectivity index (χ0v) is 10.6. The number of hydrogen-bond donors (Lipinski definition) is 2. The molecule has 0 fully saturated rings. The highest BCUT2D eigenvalue weighted by Crippen LogP contribution is 2.35. The van der Waals surface area contributed by atoms with Crippen molar-refractivity contribution < 1.29 is 9.47 Å². The van der Waals surface area contributed by atoms with Crippen LogP contribution in [-0.4, -0.2) is 16.8 Å². The molecule has 0 saturated heterocycles. The van der Waals surface area contributed by atoms with Crippen molar-refractivity contribution in [3.63, 3.8) is 0 Å². The van der Waals surface area contributed by atoms with Gasteiger partial charge in [-0.25, -0.2) is 9.97 Å². The Bertz CT molecular complexity index is 621. The summed E-state index contributed by atoms with van der Waals surface area (Å²) in [6.07, 6.45) is 1.36. The van der Waals surface area contributed by atoms with Crippen LogP contribution < -0.4 is 20.5 Å². The van der Waals surface area contributed by atoms with Gasteiger partial charge in [0.15, 0.2) is 17.3 Å². The average Bonchev–Trinajstić information content (AvgIpc) is 2.89. The molecule has 1 aromatic heterocycles. The highest BCUT2D eigenvalue weighted by atomic mass is 35.5. The van der Waals surface area contributed by atoms with Crippen LogP contribution in [0.5, 0.6) is 11.5 Å². The van der Waals surface area contributed by atoms with E-state index in [2.05, 4.69) is 15.3 Å². The van der Waals surface area contributed by atoms with Crippen molar-refractivity contribution in [3.05, 3.63) is 35.1 Å². The van der Waals surface area contributed by atoms with Gasteiger partial charge in [0, 0.05) is 12.1 Å². The Hall–Kier alpha value is -2.21. The number of rotatable bonds is 3. The van der Waals surface area contributed by atoms with Crippen LogP contribution >= 0.6 is 11.6 Å². The molecule has 3 N–H and O–H groups in total. The molecule has 0 atom stereocenters. The third kappa shape index (κ3) is 2.22. The number of halogens is 1. The summed E-state index contributed by atoms with van der Waals surface area (Å²) in [4.78, 5) is 7.84. The van der Waals surface area contributed by atoms with Crippen molar-refractivity contribution in [2.75, 3.05) is 17.8 Å². The normalized spacial score (nSPS) is 12.5. The first-order chi connectivity index (χ1) is 9.25. The first-order valence-electron chi connectivity index (χ1n) is 5.63. The summed E-state index contributed by atoms with van der Waals surface area (Å²) in [7, 11) is 0. The van der Waals surface area contributed by atoms with Gasteiger partial charge in [0.25, 0.3) is 0 Å². The van der Waals surface area contributed by atoms with Crippen LogP contribution in [0.1, 0.15) is 5.56 Å². The lowest BCUT2D eigenvalue weighted by atomic mass is 10.2. The van der Waals surface area contributed by atoms with E-state index in [1.54, 1.807) is 0 Å². The quantitative estimate of drug-likeness (QED) is 0.894. The molecule has 3 rings (SSSR count). The van der Waals surface area contributed by atoms with Crippen LogP contribution in [0.2, 0.25) is 5.02 Å². The lowest BCUT2D eigenvalue weighted by Crippen LogP contribution is -2.05. The third-order valence-corrected chi connectivity index (χ3v) is 3.11. The van der Waals surface area contributed by atoms with Gasteiger partial charge in [-0.1, -0.05) is 23.7 Å². The third-order valence-electron chi connectivity index (χ3n) is 2.74. The van der Waals surface area contributed by atoms with Crippen molar-refractivity contribution >= 4 is 23.2 Å². The first kappa shape index (κ1) is 11.9. The number of hydrogen-bond acceptors (Lipinski definition) is 6. The fourth-order valence-electron chi connectivity index (χ4n) is 1.82. The van der Waals surface area contributed by atoms with E-state index in [0.717, 1.165) is 17.1 Å². The number of benzene rings is 1. The number of nitrogens with zero attached hydrogens (tertiary/aromatic N) is 2. The van der Waals surface area contributed by atoms with Gasteiger partial charge < -0.3 is 20.5 Å². The van der Waals surface area contributed by atoms with Crippen molar-refractivity contribution in [2.45, 2.75) is 6.54 Å². The molecule has 98 valence electrons. The van der Waals surface area contributed by atoms with Crippen molar-refractivity contribution in [1.82, 2.24) is 9.97 Å². The van der Waals surface area contributed by atoms with E-state index in [1.807, 2.05) is 18.2 Å². The maximum atomic E-state index is 6.01. The molecule has 0 aliphatic carbocycles. The summed E-state index contributed by atoms with van der Waals surface area (Å²) < 4.78 is 10.7. The number of nitrogens with one attached hydrogen (secondary N) is 1. The topological polar surface area (TPSA) is 82.3 Å². The minimum absolute atomic E-state index is 0.244. The van der Waals surface area contributed by atoms with Gasteiger partial charge in [-0.2, -0.15) is 0 Å². The number of anilines is 2. The van der Waals surface area contributed by atoms with E-state index in [4.69, 9.17) is 26.8 Å². The predicted octanol–water partition coefficient (Wildman–Crippen LogP) is 2.05. The number of para-hydroxylation sites is 1. The molecule has 0 spiro atoms. The fourth-order valence-corrected chi connectivity index (χ4v) is 1.98. The minimum atomic E-state index is 0.244. The number of ether oxygens (including phenoxy) is 2. The Morgan fingerprint density at radius 3 is 3.11 bits per heavy atom. The molecule has 2 aromatic rings. The second-order valence-corrected chi connectivity index (χ2v) is 4.30. The molecular formula is C12H11ClN4O2. The zero-order chi connectivity index (χ0) is 13.2. The highest BCUT2D eigenvalue weighted by molar-refractivity contribution is 6.35. The summed E-state index contributed by atoms with van der Waals surface area (Å²) in [5.74, 6) is 2.23. The second kappa shape index (κ2) is 4.81. The molecule has 1 aromatic carbocycles. The molecule has 1 aliphatic heterocycles.